The molecule has 1 unspecified atom stereocenters. The Balaban J connectivity index is 1.59. The zero-order chi connectivity index (χ0) is 19.4. The molecule has 1 fully saturated rings. The number of anilines is 1. The molecule has 1 aromatic carbocycles. The SMILES string of the molecule is COc1ccc(C)cc1C(C)NC(=O)Nc1ccn(C2CCN(C)CC2)n1. The van der Waals surface area contributed by atoms with Gasteiger partial charge in [0.05, 0.1) is 19.2 Å². The maximum Gasteiger partial charge on any atom is 0.320 e. The van der Waals surface area contributed by atoms with Crippen LogP contribution in [0.25, 0.3) is 0 Å². The van der Waals surface area contributed by atoms with E-state index in [-0.39, 0.29) is 12.1 Å². The molecule has 27 heavy (non-hydrogen) atoms. The molecule has 0 aliphatic carbocycles. The van der Waals surface area contributed by atoms with Crippen molar-refractivity contribution in [2.45, 2.75) is 38.8 Å². The van der Waals surface area contributed by atoms with Crippen LogP contribution in [0.3, 0.4) is 0 Å². The van der Waals surface area contributed by atoms with E-state index in [0.29, 0.717) is 11.9 Å². The summed E-state index contributed by atoms with van der Waals surface area (Å²) in [6.45, 7) is 6.10. The average molecular weight is 371 g/mol. The van der Waals surface area contributed by atoms with Gasteiger partial charge in [0.2, 0.25) is 0 Å². The van der Waals surface area contributed by atoms with Crippen LogP contribution in [-0.2, 0) is 0 Å². The molecule has 2 amide bonds. The molecule has 7 nitrogen and oxygen atoms in total. The second-order valence-electron chi connectivity index (χ2n) is 7.28. The molecule has 1 saturated heterocycles. The zero-order valence-electron chi connectivity index (χ0n) is 16.5. The van der Waals surface area contributed by atoms with Crippen molar-refractivity contribution in [1.29, 1.82) is 0 Å². The number of methoxy groups -OCH3 is 1. The van der Waals surface area contributed by atoms with Crippen molar-refractivity contribution < 1.29 is 9.53 Å². The number of amides is 2. The van der Waals surface area contributed by atoms with Gasteiger partial charge in [-0.15, -0.1) is 0 Å². The molecule has 1 aliphatic rings. The molecule has 1 aliphatic heterocycles. The topological polar surface area (TPSA) is 71.4 Å². The van der Waals surface area contributed by atoms with Gasteiger partial charge in [-0.05, 0) is 52.9 Å². The molecule has 0 radical (unpaired) electrons. The number of aromatic nitrogens is 2. The molecule has 1 aromatic heterocycles. The number of carbonyl (C=O) groups is 1. The molecule has 146 valence electrons. The first kappa shape index (κ1) is 19.2. The molecular weight excluding hydrogens is 342 g/mol. The van der Waals surface area contributed by atoms with Gasteiger partial charge in [-0.25, -0.2) is 4.79 Å². The Morgan fingerprint density at radius 1 is 1.30 bits per heavy atom. The minimum Gasteiger partial charge on any atom is -0.496 e. The van der Waals surface area contributed by atoms with Gasteiger partial charge in [0.15, 0.2) is 5.82 Å². The van der Waals surface area contributed by atoms with Gasteiger partial charge in [0.25, 0.3) is 0 Å². The lowest BCUT2D eigenvalue weighted by Crippen LogP contribution is -2.32. The van der Waals surface area contributed by atoms with Gasteiger partial charge in [0.1, 0.15) is 5.75 Å². The van der Waals surface area contributed by atoms with Crippen molar-refractivity contribution in [2.24, 2.45) is 0 Å². The van der Waals surface area contributed by atoms with Crippen molar-refractivity contribution >= 4 is 11.8 Å². The number of rotatable bonds is 5. The van der Waals surface area contributed by atoms with Crippen LogP contribution in [0.4, 0.5) is 10.6 Å². The predicted octanol–water partition coefficient (Wildman–Crippen LogP) is 3.35. The highest BCUT2D eigenvalue weighted by atomic mass is 16.5. The van der Waals surface area contributed by atoms with Gasteiger partial charge in [-0.3, -0.25) is 10.00 Å². The summed E-state index contributed by atoms with van der Waals surface area (Å²) >= 11 is 0. The number of benzene rings is 1. The van der Waals surface area contributed by atoms with Crippen LogP contribution in [0.15, 0.2) is 30.5 Å². The summed E-state index contributed by atoms with van der Waals surface area (Å²) in [5.41, 5.74) is 2.07. The fraction of sp³-hybridized carbons (Fsp3) is 0.500. The van der Waals surface area contributed by atoms with E-state index in [4.69, 9.17) is 4.74 Å². The molecular formula is C20H29N5O2. The van der Waals surface area contributed by atoms with Crippen LogP contribution in [0.2, 0.25) is 0 Å². The maximum atomic E-state index is 12.4. The highest BCUT2D eigenvalue weighted by Crippen LogP contribution is 2.26. The minimum atomic E-state index is -0.278. The predicted molar refractivity (Wildman–Crippen MR) is 106 cm³/mol. The van der Waals surface area contributed by atoms with E-state index in [0.717, 1.165) is 42.8 Å². The number of piperidine rings is 1. The number of urea groups is 1. The van der Waals surface area contributed by atoms with Gasteiger partial charge >= 0.3 is 6.03 Å². The third-order valence-corrected chi connectivity index (χ3v) is 5.11. The number of likely N-dealkylation sites (tertiary alicyclic amines) is 1. The van der Waals surface area contributed by atoms with Crippen LogP contribution < -0.4 is 15.4 Å². The highest BCUT2D eigenvalue weighted by Gasteiger charge is 2.20. The zero-order valence-corrected chi connectivity index (χ0v) is 16.5. The van der Waals surface area contributed by atoms with Crippen LogP contribution in [-0.4, -0.2) is 48.0 Å². The second kappa shape index (κ2) is 8.43. The lowest BCUT2D eigenvalue weighted by Gasteiger charge is -2.28. The summed E-state index contributed by atoms with van der Waals surface area (Å²) in [5.74, 6) is 1.33. The third-order valence-electron chi connectivity index (χ3n) is 5.11. The third kappa shape index (κ3) is 4.80. The van der Waals surface area contributed by atoms with E-state index in [2.05, 4.69) is 27.7 Å². The number of ether oxygens (including phenoxy) is 1. The molecule has 2 heterocycles. The maximum absolute atomic E-state index is 12.4. The molecule has 0 saturated carbocycles. The smallest absolute Gasteiger partial charge is 0.320 e. The number of aryl methyl sites for hydroxylation is 1. The van der Waals surface area contributed by atoms with E-state index in [1.54, 1.807) is 7.11 Å². The Hall–Kier alpha value is -2.54. The van der Waals surface area contributed by atoms with E-state index >= 15 is 0 Å². The number of hydrogen-bond donors (Lipinski definition) is 2. The normalized spacial score (nSPS) is 16.7. The number of nitrogens with zero attached hydrogens (tertiary/aromatic N) is 3. The molecule has 1 atom stereocenters. The van der Waals surface area contributed by atoms with Crippen molar-refractivity contribution in [3.63, 3.8) is 0 Å². The Morgan fingerprint density at radius 2 is 2.04 bits per heavy atom. The number of nitrogens with one attached hydrogen (secondary N) is 2. The van der Waals surface area contributed by atoms with Crippen molar-refractivity contribution in [3.8, 4) is 5.75 Å². The van der Waals surface area contributed by atoms with Gasteiger partial charge in [-0.2, -0.15) is 5.10 Å². The van der Waals surface area contributed by atoms with Crippen molar-refractivity contribution in [1.82, 2.24) is 20.0 Å². The van der Waals surface area contributed by atoms with Gasteiger partial charge in [-0.1, -0.05) is 17.7 Å². The molecule has 0 bridgehead atoms. The monoisotopic (exact) mass is 371 g/mol. The molecule has 3 rings (SSSR count). The Labute approximate surface area is 160 Å². The minimum absolute atomic E-state index is 0.184. The van der Waals surface area contributed by atoms with Crippen LogP contribution in [0, 0.1) is 6.92 Å². The summed E-state index contributed by atoms with van der Waals surface area (Å²) in [5, 5.41) is 10.3. The van der Waals surface area contributed by atoms with Crippen LogP contribution >= 0.6 is 0 Å². The summed E-state index contributed by atoms with van der Waals surface area (Å²) in [6.07, 6.45) is 4.10. The molecule has 2 N–H and O–H groups in total. The molecule has 7 heteroatoms. The highest BCUT2D eigenvalue weighted by molar-refractivity contribution is 5.88. The summed E-state index contributed by atoms with van der Waals surface area (Å²) in [7, 11) is 3.78. The van der Waals surface area contributed by atoms with Gasteiger partial charge < -0.3 is 15.0 Å². The lowest BCUT2D eigenvalue weighted by atomic mass is 10.0. The first-order chi connectivity index (χ1) is 13.0. The number of carbonyl (C=O) groups excluding carboxylic acids is 1. The summed E-state index contributed by atoms with van der Waals surface area (Å²) < 4.78 is 7.38. The Kier molecular flexibility index (Phi) is 6.01. The first-order valence-corrected chi connectivity index (χ1v) is 9.42. The van der Waals surface area contributed by atoms with E-state index in [1.807, 2.05) is 49.0 Å². The van der Waals surface area contributed by atoms with E-state index in [9.17, 15) is 4.79 Å². The first-order valence-electron chi connectivity index (χ1n) is 9.42. The standard InChI is InChI=1S/C20H29N5O2/c1-14-5-6-18(27-4)17(13-14)15(2)21-20(26)22-19-9-12-25(23-19)16-7-10-24(3)11-8-16/h5-6,9,12-13,15-16H,7-8,10-11H2,1-4H3,(H2,21,22,23,26). The van der Waals surface area contributed by atoms with E-state index in [1.165, 1.54) is 0 Å². The fourth-order valence-electron chi connectivity index (χ4n) is 3.49. The Bertz CT molecular complexity index is 780. The average Bonchev–Trinajstić information content (AvgIpc) is 3.10. The Morgan fingerprint density at radius 3 is 2.74 bits per heavy atom. The van der Waals surface area contributed by atoms with Crippen LogP contribution in [0.1, 0.15) is 43.0 Å². The molecule has 0 spiro atoms. The van der Waals surface area contributed by atoms with E-state index < -0.39 is 0 Å². The number of hydrogen-bond acceptors (Lipinski definition) is 4. The fourth-order valence-corrected chi connectivity index (χ4v) is 3.49. The van der Waals surface area contributed by atoms with Crippen LogP contribution in [0.5, 0.6) is 5.75 Å². The van der Waals surface area contributed by atoms with Gasteiger partial charge in [0, 0.05) is 17.8 Å². The van der Waals surface area contributed by atoms with Crippen molar-refractivity contribution in [2.75, 3.05) is 32.6 Å². The van der Waals surface area contributed by atoms with Crippen molar-refractivity contribution in [3.05, 3.63) is 41.6 Å². The second-order valence-corrected chi connectivity index (χ2v) is 7.28. The largest absolute Gasteiger partial charge is 0.496 e. The summed E-state index contributed by atoms with van der Waals surface area (Å²) in [6, 6.07) is 7.72. The lowest BCUT2D eigenvalue weighted by molar-refractivity contribution is 0.212. The summed E-state index contributed by atoms with van der Waals surface area (Å²) in [4.78, 5) is 14.7. The quantitative estimate of drug-likeness (QED) is 0.845. The molecule has 2 aromatic rings.